The predicted molar refractivity (Wildman–Crippen MR) is 93.1 cm³/mol. The number of rotatable bonds is 6. The monoisotopic (exact) mass is 412 g/mol. The second-order valence-corrected chi connectivity index (χ2v) is 6.08. The van der Waals surface area contributed by atoms with Crippen molar-refractivity contribution in [1.82, 2.24) is 4.98 Å². The number of nitrogens with one attached hydrogen (secondary N) is 1. The Morgan fingerprint density at radius 3 is 2.79 bits per heavy atom. The van der Waals surface area contributed by atoms with Crippen LogP contribution in [0.1, 0.15) is 6.92 Å². The average molecular weight is 414 g/mol. The fourth-order valence-corrected chi connectivity index (χ4v) is 2.15. The summed E-state index contributed by atoms with van der Waals surface area (Å²) in [6.45, 7) is 1.16. The normalized spacial score (nSPS) is 11.5. The highest BCUT2D eigenvalue weighted by Gasteiger charge is 2.18. The fourth-order valence-electron chi connectivity index (χ4n) is 1.66. The molecule has 0 bridgehead atoms. The number of benzene rings is 1. The summed E-state index contributed by atoms with van der Waals surface area (Å²) in [5.41, 5.74) is 0. The molecule has 1 aromatic heterocycles. The number of anilines is 1. The maximum absolute atomic E-state index is 11.9. The van der Waals surface area contributed by atoms with Gasteiger partial charge in [0.2, 0.25) is 0 Å². The Morgan fingerprint density at radius 1 is 1.33 bits per heavy atom. The van der Waals surface area contributed by atoms with Gasteiger partial charge in [-0.15, -0.1) is 0 Å². The Balaban J connectivity index is 1.80. The van der Waals surface area contributed by atoms with Crippen molar-refractivity contribution >= 4 is 45.2 Å². The number of carbonyl (C=O) groups excluding carboxylic acids is 2. The molecule has 1 N–H and O–H groups in total. The SMILES string of the molecule is CC(OC(=O)COc1cccc(Br)c1)C(=O)Nc1ccc(Cl)cn1. The number of carbonyl (C=O) groups is 2. The number of pyridine rings is 1. The van der Waals surface area contributed by atoms with E-state index in [4.69, 9.17) is 21.1 Å². The molecule has 2 rings (SSSR count). The number of amides is 1. The summed E-state index contributed by atoms with van der Waals surface area (Å²) in [5, 5.41) is 2.98. The highest BCUT2D eigenvalue weighted by molar-refractivity contribution is 9.10. The van der Waals surface area contributed by atoms with Crippen LogP contribution in [0, 0.1) is 0 Å². The third-order valence-corrected chi connectivity index (χ3v) is 3.53. The van der Waals surface area contributed by atoms with E-state index in [1.807, 2.05) is 6.07 Å². The first-order valence-corrected chi connectivity index (χ1v) is 8.11. The summed E-state index contributed by atoms with van der Waals surface area (Å²) in [6, 6.07) is 10.2. The van der Waals surface area contributed by atoms with Gasteiger partial charge in [-0.2, -0.15) is 0 Å². The minimum atomic E-state index is -0.985. The van der Waals surface area contributed by atoms with Crippen molar-refractivity contribution in [3.8, 4) is 5.75 Å². The molecule has 0 aliphatic rings. The van der Waals surface area contributed by atoms with E-state index in [1.54, 1.807) is 30.3 Å². The van der Waals surface area contributed by atoms with Crippen molar-refractivity contribution in [1.29, 1.82) is 0 Å². The van der Waals surface area contributed by atoms with Crippen LogP contribution in [0.2, 0.25) is 5.02 Å². The van der Waals surface area contributed by atoms with Crippen molar-refractivity contribution in [3.63, 3.8) is 0 Å². The van der Waals surface area contributed by atoms with E-state index in [0.717, 1.165) is 4.47 Å². The standard InChI is InChI=1S/C16H14BrClN2O4/c1-10(16(22)20-14-6-5-12(18)8-19-14)24-15(21)9-23-13-4-2-3-11(17)7-13/h2-8,10H,9H2,1H3,(H,19,20,22). The quantitative estimate of drug-likeness (QED) is 0.734. The smallest absolute Gasteiger partial charge is 0.344 e. The molecule has 0 aliphatic heterocycles. The lowest BCUT2D eigenvalue weighted by atomic mass is 10.3. The van der Waals surface area contributed by atoms with Gasteiger partial charge in [0.05, 0.1) is 5.02 Å². The first-order valence-electron chi connectivity index (χ1n) is 6.94. The van der Waals surface area contributed by atoms with E-state index in [2.05, 4.69) is 26.2 Å². The van der Waals surface area contributed by atoms with E-state index in [9.17, 15) is 9.59 Å². The highest BCUT2D eigenvalue weighted by Crippen LogP contribution is 2.17. The second-order valence-electron chi connectivity index (χ2n) is 4.73. The summed E-state index contributed by atoms with van der Waals surface area (Å²) in [5.74, 6) is -0.316. The third-order valence-electron chi connectivity index (χ3n) is 2.81. The Morgan fingerprint density at radius 2 is 2.12 bits per heavy atom. The minimum Gasteiger partial charge on any atom is -0.482 e. The molecule has 0 aliphatic carbocycles. The van der Waals surface area contributed by atoms with Gasteiger partial charge in [0.25, 0.3) is 5.91 Å². The zero-order valence-electron chi connectivity index (χ0n) is 12.7. The zero-order chi connectivity index (χ0) is 17.5. The van der Waals surface area contributed by atoms with Crippen LogP contribution in [-0.2, 0) is 14.3 Å². The van der Waals surface area contributed by atoms with Gasteiger partial charge in [0, 0.05) is 10.7 Å². The summed E-state index contributed by atoms with van der Waals surface area (Å²) in [7, 11) is 0. The van der Waals surface area contributed by atoms with Crippen molar-refractivity contribution in [2.24, 2.45) is 0 Å². The van der Waals surface area contributed by atoms with Crippen LogP contribution in [0.4, 0.5) is 5.82 Å². The van der Waals surface area contributed by atoms with E-state index in [1.165, 1.54) is 13.1 Å². The number of ether oxygens (including phenoxy) is 2. The van der Waals surface area contributed by atoms with E-state index in [0.29, 0.717) is 16.6 Å². The maximum atomic E-state index is 11.9. The van der Waals surface area contributed by atoms with Gasteiger partial charge >= 0.3 is 5.97 Å². The van der Waals surface area contributed by atoms with Gasteiger partial charge < -0.3 is 14.8 Å². The molecule has 24 heavy (non-hydrogen) atoms. The van der Waals surface area contributed by atoms with Gasteiger partial charge in [-0.25, -0.2) is 9.78 Å². The lowest BCUT2D eigenvalue weighted by Crippen LogP contribution is -2.31. The Kier molecular flexibility index (Phi) is 6.57. The summed E-state index contributed by atoms with van der Waals surface area (Å²) < 4.78 is 11.1. The lowest BCUT2D eigenvalue weighted by Gasteiger charge is -2.13. The van der Waals surface area contributed by atoms with Gasteiger partial charge in [-0.3, -0.25) is 4.79 Å². The molecule has 6 nitrogen and oxygen atoms in total. The van der Waals surface area contributed by atoms with Crippen LogP contribution in [0.5, 0.6) is 5.75 Å². The molecule has 2 aromatic rings. The van der Waals surface area contributed by atoms with Crippen molar-refractivity contribution < 1.29 is 19.1 Å². The molecule has 0 saturated carbocycles. The number of aromatic nitrogens is 1. The Hall–Kier alpha value is -2.12. The third kappa shape index (κ3) is 5.82. The fraction of sp³-hybridized carbons (Fsp3) is 0.188. The average Bonchev–Trinajstić information content (AvgIpc) is 2.55. The summed E-state index contributed by atoms with van der Waals surface area (Å²) in [6.07, 6.45) is 0.417. The van der Waals surface area contributed by atoms with Crippen molar-refractivity contribution in [2.45, 2.75) is 13.0 Å². The zero-order valence-corrected chi connectivity index (χ0v) is 15.0. The molecule has 8 heteroatoms. The number of hydrogen-bond acceptors (Lipinski definition) is 5. The minimum absolute atomic E-state index is 0.298. The highest BCUT2D eigenvalue weighted by atomic mass is 79.9. The molecule has 126 valence electrons. The maximum Gasteiger partial charge on any atom is 0.344 e. The molecule has 1 aromatic carbocycles. The first kappa shape index (κ1) is 18.2. The number of esters is 1. The van der Waals surface area contributed by atoms with Gasteiger partial charge in [0.15, 0.2) is 12.7 Å². The van der Waals surface area contributed by atoms with Crippen LogP contribution >= 0.6 is 27.5 Å². The molecule has 1 atom stereocenters. The molecular formula is C16H14BrClN2O4. The number of halogens is 2. The van der Waals surface area contributed by atoms with Crippen LogP contribution in [0.3, 0.4) is 0 Å². The van der Waals surface area contributed by atoms with Gasteiger partial charge in [-0.05, 0) is 37.3 Å². The van der Waals surface area contributed by atoms with Crippen LogP contribution in [0.25, 0.3) is 0 Å². The molecule has 0 saturated heterocycles. The van der Waals surface area contributed by atoms with Crippen LogP contribution in [0.15, 0.2) is 47.1 Å². The number of hydrogen-bond donors (Lipinski definition) is 1. The van der Waals surface area contributed by atoms with E-state index in [-0.39, 0.29) is 6.61 Å². The Bertz CT molecular complexity index is 724. The van der Waals surface area contributed by atoms with Gasteiger partial charge in [0.1, 0.15) is 11.6 Å². The molecule has 1 amide bonds. The molecule has 0 fully saturated rings. The van der Waals surface area contributed by atoms with E-state index >= 15 is 0 Å². The molecule has 0 spiro atoms. The van der Waals surface area contributed by atoms with Crippen molar-refractivity contribution in [2.75, 3.05) is 11.9 Å². The summed E-state index contributed by atoms with van der Waals surface area (Å²) in [4.78, 5) is 27.6. The van der Waals surface area contributed by atoms with Crippen LogP contribution < -0.4 is 10.1 Å². The second kappa shape index (κ2) is 8.65. The topological polar surface area (TPSA) is 77.5 Å². The largest absolute Gasteiger partial charge is 0.482 e. The van der Waals surface area contributed by atoms with Crippen molar-refractivity contribution in [3.05, 3.63) is 52.1 Å². The van der Waals surface area contributed by atoms with Crippen LogP contribution in [-0.4, -0.2) is 29.6 Å². The number of nitrogens with zero attached hydrogens (tertiary/aromatic N) is 1. The molecule has 1 heterocycles. The summed E-state index contributed by atoms with van der Waals surface area (Å²) >= 11 is 9.01. The first-order chi connectivity index (χ1) is 11.4. The Labute approximate surface area is 152 Å². The lowest BCUT2D eigenvalue weighted by molar-refractivity contribution is -0.155. The van der Waals surface area contributed by atoms with Gasteiger partial charge in [-0.1, -0.05) is 33.6 Å². The molecule has 0 radical (unpaired) electrons. The molecule has 1 unspecified atom stereocenters. The predicted octanol–water partition coefficient (Wildman–Crippen LogP) is 3.45. The molecular weight excluding hydrogens is 400 g/mol. The van der Waals surface area contributed by atoms with E-state index < -0.39 is 18.0 Å².